The Morgan fingerprint density at radius 3 is 2.88 bits per heavy atom. The minimum Gasteiger partial charge on any atom is -0.476 e. The number of anilines is 1. The molecule has 0 bridgehead atoms. The maximum absolute atomic E-state index is 10.6. The van der Waals surface area contributed by atoms with Gasteiger partial charge in [-0.05, 0) is 22.0 Å². The van der Waals surface area contributed by atoms with Crippen molar-refractivity contribution < 1.29 is 9.90 Å². The van der Waals surface area contributed by atoms with Crippen LogP contribution in [0.2, 0.25) is 0 Å². The molecule has 84 valence electrons. The number of halogens is 1. The molecule has 0 aromatic carbocycles. The molecule has 2 aromatic rings. The zero-order chi connectivity index (χ0) is 11.5. The molecule has 0 aliphatic rings. The number of hydrogen-bond acceptors (Lipinski definition) is 5. The first kappa shape index (κ1) is 11.6. The fourth-order valence-corrected chi connectivity index (χ4v) is 3.14. The predicted molar refractivity (Wildman–Crippen MR) is 68.4 cm³/mol. The Bertz CT molecular complexity index is 509. The van der Waals surface area contributed by atoms with Crippen molar-refractivity contribution in [2.24, 2.45) is 0 Å². The number of thiazole rings is 1. The van der Waals surface area contributed by atoms with E-state index in [0.29, 0.717) is 11.7 Å². The van der Waals surface area contributed by atoms with Crippen molar-refractivity contribution in [1.29, 1.82) is 0 Å². The van der Waals surface area contributed by atoms with Gasteiger partial charge in [0.15, 0.2) is 10.8 Å². The number of nitrogens with one attached hydrogen (secondary N) is 1. The molecular formula is C9H7BrN2O2S2. The van der Waals surface area contributed by atoms with E-state index in [1.807, 2.05) is 11.4 Å². The highest BCUT2D eigenvalue weighted by Gasteiger charge is 2.08. The van der Waals surface area contributed by atoms with E-state index in [9.17, 15) is 4.79 Å². The minimum absolute atomic E-state index is 0.0832. The molecular weight excluding hydrogens is 312 g/mol. The number of thiophene rings is 1. The molecule has 2 heterocycles. The number of nitrogens with zero attached hydrogens (tertiary/aromatic N) is 1. The van der Waals surface area contributed by atoms with Crippen LogP contribution in [0.1, 0.15) is 15.4 Å². The van der Waals surface area contributed by atoms with Gasteiger partial charge < -0.3 is 10.4 Å². The van der Waals surface area contributed by atoms with Crippen molar-refractivity contribution in [3.05, 3.63) is 31.9 Å². The summed E-state index contributed by atoms with van der Waals surface area (Å²) in [4.78, 5) is 15.7. The number of aromatic carboxylic acids is 1. The normalized spacial score (nSPS) is 10.3. The van der Waals surface area contributed by atoms with Crippen LogP contribution in [0.15, 0.2) is 21.3 Å². The summed E-state index contributed by atoms with van der Waals surface area (Å²) in [5, 5.41) is 15.9. The average Bonchev–Trinajstić information content (AvgIpc) is 2.83. The lowest BCUT2D eigenvalue weighted by Crippen LogP contribution is -1.99. The van der Waals surface area contributed by atoms with Gasteiger partial charge in [-0.25, -0.2) is 9.78 Å². The number of rotatable bonds is 4. The summed E-state index contributed by atoms with van der Waals surface area (Å²) in [5.41, 5.74) is 0.0832. The van der Waals surface area contributed by atoms with Gasteiger partial charge in [0.25, 0.3) is 0 Å². The molecule has 16 heavy (non-hydrogen) atoms. The third-order valence-corrected chi connectivity index (χ3v) is 4.26. The Labute approximate surface area is 108 Å². The lowest BCUT2D eigenvalue weighted by molar-refractivity contribution is 0.0691. The highest BCUT2D eigenvalue weighted by molar-refractivity contribution is 9.10. The van der Waals surface area contributed by atoms with Gasteiger partial charge in [-0.1, -0.05) is 0 Å². The monoisotopic (exact) mass is 318 g/mol. The van der Waals surface area contributed by atoms with Crippen LogP contribution in [0.4, 0.5) is 5.13 Å². The summed E-state index contributed by atoms with van der Waals surface area (Å²) in [5.74, 6) is -0.997. The van der Waals surface area contributed by atoms with Gasteiger partial charge in [0.1, 0.15) is 0 Å². The second-order valence-corrected chi connectivity index (χ2v) is 5.70. The highest BCUT2D eigenvalue weighted by atomic mass is 79.9. The molecule has 7 heteroatoms. The Hall–Kier alpha value is -0.920. The SMILES string of the molecule is O=C(O)c1csc(NCc2cc(Br)cs2)n1. The average molecular weight is 319 g/mol. The van der Waals surface area contributed by atoms with E-state index in [2.05, 4.69) is 26.2 Å². The molecule has 2 N–H and O–H groups in total. The molecule has 4 nitrogen and oxygen atoms in total. The van der Waals surface area contributed by atoms with E-state index >= 15 is 0 Å². The molecule has 0 amide bonds. The van der Waals surface area contributed by atoms with Crippen LogP contribution in [-0.4, -0.2) is 16.1 Å². The van der Waals surface area contributed by atoms with Crippen LogP contribution < -0.4 is 5.32 Å². The van der Waals surface area contributed by atoms with Gasteiger partial charge in [-0.15, -0.1) is 22.7 Å². The summed E-state index contributed by atoms with van der Waals surface area (Å²) in [6, 6.07) is 2.02. The largest absolute Gasteiger partial charge is 0.476 e. The molecule has 0 fully saturated rings. The Morgan fingerprint density at radius 2 is 2.31 bits per heavy atom. The number of aromatic nitrogens is 1. The molecule has 0 spiro atoms. The van der Waals surface area contributed by atoms with Crippen LogP contribution in [0.5, 0.6) is 0 Å². The van der Waals surface area contributed by atoms with E-state index in [4.69, 9.17) is 5.11 Å². The first-order valence-corrected chi connectivity index (χ1v) is 6.86. The zero-order valence-corrected chi connectivity index (χ0v) is 11.2. The van der Waals surface area contributed by atoms with E-state index in [0.717, 1.165) is 4.47 Å². The van der Waals surface area contributed by atoms with Crippen molar-refractivity contribution in [1.82, 2.24) is 4.98 Å². The summed E-state index contributed by atoms with van der Waals surface area (Å²) in [6.45, 7) is 0.656. The van der Waals surface area contributed by atoms with Crippen LogP contribution >= 0.6 is 38.6 Å². The Morgan fingerprint density at radius 1 is 1.50 bits per heavy atom. The van der Waals surface area contributed by atoms with E-state index in [1.54, 1.807) is 11.3 Å². The molecule has 0 unspecified atom stereocenters. The fraction of sp³-hybridized carbons (Fsp3) is 0.111. The van der Waals surface area contributed by atoms with Gasteiger partial charge in [-0.2, -0.15) is 0 Å². The second kappa shape index (κ2) is 4.94. The molecule has 0 radical (unpaired) electrons. The van der Waals surface area contributed by atoms with E-state index in [-0.39, 0.29) is 5.69 Å². The quantitative estimate of drug-likeness (QED) is 0.908. The lowest BCUT2D eigenvalue weighted by atomic mass is 10.5. The molecule has 0 aliphatic heterocycles. The fourth-order valence-electron chi connectivity index (χ4n) is 1.06. The van der Waals surface area contributed by atoms with Gasteiger partial charge in [-0.3, -0.25) is 0 Å². The van der Waals surface area contributed by atoms with Crippen molar-refractivity contribution in [3.63, 3.8) is 0 Å². The third-order valence-electron chi connectivity index (χ3n) is 1.76. The van der Waals surface area contributed by atoms with Gasteiger partial charge >= 0.3 is 5.97 Å². The van der Waals surface area contributed by atoms with Crippen molar-refractivity contribution in [3.8, 4) is 0 Å². The maximum atomic E-state index is 10.6. The molecule has 0 saturated carbocycles. The number of carbonyl (C=O) groups is 1. The third kappa shape index (κ3) is 2.81. The van der Waals surface area contributed by atoms with Crippen molar-refractivity contribution in [2.75, 3.05) is 5.32 Å². The van der Waals surface area contributed by atoms with Gasteiger partial charge in [0.2, 0.25) is 0 Å². The number of carboxylic acids is 1. The Balaban J connectivity index is 1.97. The minimum atomic E-state index is -0.997. The molecule has 0 saturated heterocycles. The highest BCUT2D eigenvalue weighted by Crippen LogP contribution is 2.22. The summed E-state index contributed by atoms with van der Waals surface area (Å²) >= 11 is 6.30. The van der Waals surface area contributed by atoms with Crippen LogP contribution in [-0.2, 0) is 6.54 Å². The smallest absolute Gasteiger partial charge is 0.355 e. The van der Waals surface area contributed by atoms with Crippen molar-refractivity contribution >= 4 is 49.7 Å². The number of hydrogen-bond donors (Lipinski definition) is 2. The first-order valence-electron chi connectivity index (χ1n) is 4.31. The van der Waals surface area contributed by atoms with Crippen molar-refractivity contribution in [2.45, 2.75) is 6.54 Å². The summed E-state index contributed by atoms with van der Waals surface area (Å²) in [7, 11) is 0. The van der Waals surface area contributed by atoms with E-state index < -0.39 is 5.97 Å². The molecule has 0 aliphatic carbocycles. The molecule has 2 rings (SSSR count). The maximum Gasteiger partial charge on any atom is 0.355 e. The van der Waals surface area contributed by atoms with Gasteiger partial charge in [0.05, 0.1) is 6.54 Å². The summed E-state index contributed by atoms with van der Waals surface area (Å²) < 4.78 is 1.06. The topological polar surface area (TPSA) is 62.2 Å². The van der Waals surface area contributed by atoms with Crippen LogP contribution in [0, 0.1) is 0 Å². The Kier molecular flexibility index (Phi) is 3.57. The van der Waals surface area contributed by atoms with E-state index in [1.165, 1.54) is 21.6 Å². The predicted octanol–water partition coefficient (Wildman–Crippen LogP) is 3.28. The standard InChI is InChI=1S/C9H7BrN2O2S2/c10-5-1-6(15-3-5)2-11-9-12-7(4-16-9)8(13)14/h1,3-4H,2H2,(H,11,12)(H,13,14). The van der Waals surface area contributed by atoms with Crippen LogP contribution in [0.3, 0.4) is 0 Å². The summed E-state index contributed by atoms with van der Waals surface area (Å²) in [6.07, 6.45) is 0. The second-order valence-electron chi connectivity index (χ2n) is 2.93. The zero-order valence-electron chi connectivity index (χ0n) is 7.94. The van der Waals surface area contributed by atoms with Gasteiger partial charge in [0, 0.05) is 20.1 Å². The first-order chi connectivity index (χ1) is 7.65. The lowest BCUT2D eigenvalue weighted by Gasteiger charge is -1.98. The van der Waals surface area contributed by atoms with Crippen LogP contribution in [0.25, 0.3) is 0 Å². The molecule has 0 atom stereocenters. The molecule has 2 aromatic heterocycles. The number of carboxylic acid groups (broad SMARTS) is 1.